The van der Waals surface area contributed by atoms with Crippen LogP contribution in [0.4, 0.5) is 28.0 Å². The van der Waals surface area contributed by atoms with Gasteiger partial charge in [-0.15, -0.1) is 0 Å². The molecule has 0 saturated carbocycles. The third-order valence-corrected chi connectivity index (χ3v) is 2.13. The summed E-state index contributed by atoms with van der Waals surface area (Å²) in [6.45, 7) is -1.77. The van der Waals surface area contributed by atoms with Gasteiger partial charge in [0.2, 0.25) is 0 Å². The van der Waals surface area contributed by atoms with E-state index >= 15 is 0 Å². The van der Waals surface area contributed by atoms with Crippen LogP contribution in [0.2, 0.25) is 0 Å². The number of nitrogens with one attached hydrogen (secondary N) is 1. The predicted molar refractivity (Wildman–Crippen MR) is 62.1 cm³/mol. The largest absolute Gasteiger partial charge is 0.406 e. The Morgan fingerprint density at radius 3 is 2.58 bits per heavy atom. The van der Waals surface area contributed by atoms with Crippen LogP contribution in [0.15, 0.2) is 24.3 Å². The Kier molecular flexibility index (Phi) is 5.11. The van der Waals surface area contributed by atoms with Crippen LogP contribution in [0.3, 0.4) is 0 Å². The van der Waals surface area contributed by atoms with E-state index < -0.39 is 24.6 Å². The number of benzene rings is 1. The Morgan fingerprint density at radius 1 is 1.37 bits per heavy atom. The monoisotopic (exact) mass is 279 g/mol. The van der Waals surface area contributed by atoms with E-state index in [9.17, 15) is 22.4 Å². The fourth-order valence-corrected chi connectivity index (χ4v) is 1.39. The first-order valence-electron chi connectivity index (χ1n) is 5.40. The smallest absolute Gasteiger partial charge is 0.329 e. The van der Waals surface area contributed by atoms with Gasteiger partial charge in [0.1, 0.15) is 12.4 Å². The van der Waals surface area contributed by atoms with Crippen LogP contribution in [0.1, 0.15) is 0 Å². The topological polar surface area (TPSA) is 58.4 Å². The molecule has 4 nitrogen and oxygen atoms in total. The lowest BCUT2D eigenvalue weighted by Crippen LogP contribution is -2.43. The van der Waals surface area contributed by atoms with Gasteiger partial charge in [0, 0.05) is 18.8 Å². The number of anilines is 1. The molecule has 19 heavy (non-hydrogen) atoms. The first-order valence-corrected chi connectivity index (χ1v) is 5.40. The average molecular weight is 279 g/mol. The second kappa shape index (κ2) is 6.37. The van der Waals surface area contributed by atoms with Gasteiger partial charge in [-0.25, -0.2) is 9.18 Å². The summed E-state index contributed by atoms with van der Waals surface area (Å²) in [4.78, 5) is 12.1. The van der Waals surface area contributed by atoms with Gasteiger partial charge in [-0.05, 0) is 18.2 Å². The van der Waals surface area contributed by atoms with Crippen LogP contribution in [-0.2, 0) is 0 Å². The minimum atomic E-state index is -4.52. The lowest BCUT2D eigenvalue weighted by atomic mass is 10.3. The van der Waals surface area contributed by atoms with Gasteiger partial charge in [-0.3, -0.25) is 0 Å². The van der Waals surface area contributed by atoms with Crippen molar-refractivity contribution in [2.75, 3.05) is 25.0 Å². The molecule has 106 valence electrons. The Bertz CT molecular complexity index is 436. The average Bonchev–Trinajstić information content (AvgIpc) is 2.26. The highest BCUT2D eigenvalue weighted by Gasteiger charge is 2.32. The van der Waals surface area contributed by atoms with E-state index in [1.165, 1.54) is 12.1 Å². The van der Waals surface area contributed by atoms with Crippen molar-refractivity contribution >= 4 is 11.7 Å². The van der Waals surface area contributed by atoms with Crippen molar-refractivity contribution < 1.29 is 22.4 Å². The molecule has 1 aromatic carbocycles. The van der Waals surface area contributed by atoms with Crippen molar-refractivity contribution in [2.45, 2.75) is 6.18 Å². The summed E-state index contributed by atoms with van der Waals surface area (Å²) in [5.41, 5.74) is 5.23. The molecule has 0 aliphatic carbocycles. The number of amides is 2. The first kappa shape index (κ1) is 15.2. The molecule has 0 atom stereocenters. The van der Waals surface area contributed by atoms with Gasteiger partial charge in [0.15, 0.2) is 0 Å². The number of rotatable bonds is 4. The number of halogens is 4. The van der Waals surface area contributed by atoms with Crippen LogP contribution in [0.25, 0.3) is 0 Å². The van der Waals surface area contributed by atoms with Crippen molar-refractivity contribution in [3.05, 3.63) is 30.1 Å². The van der Waals surface area contributed by atoms with E-state index in [1.807, 2.05) is 0 Å². The van der Waals surface area contributed by atoms with Gasteiger partial charge >= 0.3 is 12.2 Å². The summed E-state index contributed by atoms with van der Waals surface area (Å²) < 4.78 is 49.7. The van der Waals surface area contributed by atoms with Crippen LogP contribution in [0, 0.1) is 5.82 Å². The minimum Gasteiger partial charge on any atom is -0.329 e. The summed E-state index contributed by atoms with van der Waals surface area (Å²) in [5, 5.41) is 2.18. The number of carbonyl (C=O) groups excluding carboxylic acids is 1. The first-order chi connectivity index (χ1) is 8.81. The molecule has 0 heterocycles. The molecule has 0 bridgehead atoms. The van der Waals surface area contributed by atoms with Crippen molar-refractivity contribution in [1.82, 2.24) is 4.90 Å². The zero-order valence-electron chi connectivity index (χ0n) is 9.88. The van der Waals surface area contributed by atoms with Crippen LogP contribution < -0.4 is 11.1 Å². The Labute approximate surface area is 107 Å². The third-order valence-electron chi connectivity index (χ3n) is 2.13. The van der Waals surface area contributed by atoms with Crippen molar-refractivity contribution in [2.24, 2.45) is 5.73 Å². The molecule has 0 radical (unpaired) electrons. The molecule has 3 N–H and O–H groups in total. The quantitative estimate of drug-likeness (QED) is 0.830. The predicted octanol–water partition coefficient (Wildman–Crippen LogP) is 2.18. The maximum atomic E-state index is 12.9. The fourth-order valence-electron chi connectivity index (χ4n) is 1.39. The number of hydrogen-bond acceptors (Lipinski definition) is 2. The summed E-state index contributed by atoms with van der Waals surface area (Å²) in [6, 6.07) is 3.89. The lowest BCUT2D eigenvalue weighted by Gasteiger charge is -2.23. The normalized spacial score (nSPS) is 11.2. The zero-order valence-corrected chi connectivity index (χ0v) is 9.88. The van der Waals surface area contributed by atoms with E-state index in [2.05, 4.69) is 5.32 Å². The minimum absolute atomic E-state index is 0.0780. The molecule has 0 aromatic heterocycles. The molecule has 0 aliphatic rings. The molecule has 0 fully saturated rings. The Hall–Kier alpha value is -1.83. The molecule has 8 heteroatoms. The number of alkyl halides is 3. The third kappa shape index (κ3) is 5.56. The molecule has 0 unspecified atom stereocenters. The number of nitrogens with zero attached hydrogens (tertiary/aromatic N) is 1. The van der Waals surface area contributed by atoms with E-state index in [1.54, 1.807) is 0 Å². The molecule has 0 saturated heterocycles. The van der Waals surface area contributed by atoms with Crippen molar-refractivity contribution in [3.8, 4) is 0 Å². The summed E-state index contributed by atoms with van der Waals surface area (Å²) in [7, 11) is 0. The highest BCUT2D eigenvalue weighted by Crippen LogP contribution is 2.17. The SMILES string of the molecule is NCCN(CC(F)(F)F)C(=O)Nc1cccc(F)c1. The summed E-state index contributed by atoms with van der Waals surface area (Å²) >= 11 is 0. The number of urea groups is 1. The highest BCUT2D eigenvalue weighted by atomic mass is 19.4. The highest BCUT2D eigenvalue weighted by molar-refractivity contribution is 5.89. The van der Waals surface area contributed by atoms with E-state index in [4.69, 9.17) is 5.73 Å². The van der Waals surface area contributed by atoms with E-state index in [0.29, 0.717) is 4.90 Å². The molecule has 1 aromatic rings. The standard InChI is InChI=1S/C11H13F4N3O/c12-8-2-1-3-9(6-8)17-10(19)18(5-4-16)7-11(13,14)15/h1-3,6H,4-5,7,16H2,(H,17,19). The second-order valence-corrected chi connectivity index (χ2v) is 3.77. The van der Waals surface area contributed by atoms with Gasteiger partial charge in [-0.2, -0.15) is 13.2 Å². The van der Waals surface area contributed by atoms with Gasteiger partial charge in [-0.1, -0.05) is 6.07 Å². The fraction of sp³-hybridized carbons (Fsp3) is 0.364. The lowest BCUT2D eigenvalue weighted by molar-refractivity contribution is -0.139. The number of hydrogen-bond donors (Lipinski definition) is 2. The van der Waals surface area contributed by atoms with Crippen molar-refractivity contribution in [3.63, 3.8) is 0 Å². The number of carbonyl (C=O) groups is 1. The van der Waals surface area contributed by atoms with E-state index in [0.717, 1.165) is 12.1 Å². The molecular weight excluding hydrogens is 266 g/mol. The number of nitrogens with two attached hydrogens (primary N) is 1. The van der Waals surface area contributed by atoms with Crippen LogP contribution in [-0.4, -0.2) is 36.7 Å². The van der Waals surface area contributed by atoms with E-state index in [-0.39, 0.29) is 18.8 Å². The maximum Gasteiger partial charge on any atom is 0.406 e. The van der Waals surface area contributed by atoms with Gasteiger partial charge in [0.25, 0.3) is 0 Å². The van der Waals surface area contributed by atoms with Gasteiger partial charge < -0.3 is 16.0 Å². The Balaban J connectivity index is 2.71. The molecule has 2 amide bonds. The molecule has 1 rings (SSSR count). The summed E-state index contributed by atoms with van der Waals surface area (Å²) in [5.74, 6) is -0.598. The molecule has 0 aliphatic heterocycles. The maximum absolute atomic E-state index is 12.9. The molecule has 0 spiro atoms. The zero-order chi connectivity index (χ0) is 14.5. The van der Waals surface area contributed by atoms with Gasteiger partial charge in [0.05, 0.1) is 0 Å². The van der Waals surface area contributed by atoms with Crippen molar-refractivity contribution in [1.29, 1.82) is 0 Å². The Morgan fingerprint density at radius 2 is 2.05 bits per heavy atom. The van der Waals surface area contributed by atoms with Crippen LogP contribution >= 0.6 is 0 Å². The second-order valence-electron chi connectivity index (χ2n) is 3.77. The van der Waals surface area contributed by atoms with Crippen LogP contribution in [0.5, 0.6) is 0 Å². The summed E-state index contributed by atoms with van der Waals surface area (Å²) in [6.07, 6.45) is -4.52. The molecular formula is C11H13F4N3O.